The second kappa shape index (κ2) is 4.29. The molecule has 3 fully saturated rings. The summed E-state index contributed by atoms with van der Waals surface area (Å²) in [5.74, 6) is 2.79. The molecular formula is C20H26O2. The molecule has 5 atom stereocenters. The second-order valence-electron chi connectivity index (χ2n) is 8.61. The number of fused-ring (bicyclic) bond motifs is 2. The lowest BCUT2D eigenvalue weighted by molar-refractivity contribution is -0.128. The molecule has 22 heavy (non-hydrogen) atoms. The van der Waals surface area contributed by atoms with Crippen molar-refractivity contribution in [3.05, 3.63) is 29.3 Å². The van der Waals surface area contributed by atoms with Gasteiger partial charge in [-0.15, -0.1) is 0 Å². The van der Waals surface area contributed by atoms with Gasteiger partial charge in [-0.3, -0.25) is 0 Å². The lowest BCUT2D eigenvalue weighted by Crippen LogP contribution is -2.46. The van der Waals surface area contributed by atoms with Gasteiger partial charge >= 0.3 is 0 Å². The Kier molecular flexibility index (Phi) is 2.61. The van der Waals surface area contributed by atoms with Gasteiger partial charge in [0.2, 0.25) is 0 Å². The number of rotatable bonds is 0. The summed E-state index contributed by atoms with van der Waals surface area (Å²) < 4.78 is 6.41. The van der Waals surface area contributed by atoms with Crippen molar-refractivity contribution in [1.29, 1.82) is 0 Å². The average Bonchev–Trinajstić information content (AvgIpc) is 3.17. The lowest BCUT2D eigenvalue weighted by atomic mass is 9.61. The maximum atomic E-state index is 9.81. The molecule has 2 heteroatoms. The van der Waals surface area contributed by atoms with Crippen LogP contribution < -0.4 is 0 Å². The minimum Gasteiger partial charge on any atom is -0.508 e. The number of phenolic OH excluding ortho intramolecular Hbond substituents is 1. The van der Waals surface area contributed by atoms with Crippen molar-refractivity contribution in [3.63, 3.8) is 0 Å². The fourth-order valence-corrected chi connectivity index (χ4v) is 6.18. The fraction of sp³-hybridized carbons (Fsp3) is 0.700. The first-order valence-corrected chi connectivity index (χ1v) is 9.06. The third-order valence-corrected chi connectivity index (χ3v) is 7.27. The van der Waals surface area contributed by atoms with Crippen molar-refractivity contribution in [3.8, 4) is 5.75 Å². The molecule has 3 aliphatic carbocycles. The lowest BCUT2D eigenvalue weighted by Gasteiger charge is -2.49. The molecule has 0 amide bonds. The predicted molar refractivity (Wildman–Crippen MR) is 86.0 cm³/mol. The topological polar surface area (TPSA) is 29.5 Å². The summed E-state index contributed by atoms with van der Waals surface area (Å²) in [6.07, 6.45) is 8.89. The standard InChI is InChI=1S/C20H26O2/c1-13-5-7-22-19(9-13)10-15-11-20(15)6-4-14-8-16(21)2-3-17(14)18(20)12-19/h2-3,8,13,15,18,21H,4-7,9-12H2,1H3/t13-,15?,18+,19-,20+/m0/s1. The molecular weight excluding hydrogens is 272 g/mol. The molecule has 1 aliphatic heterocycles. The number of hydrogen-bond acceptors (Lipinski definition) is 2. The highest BCUT2D eigenvalue weighted by Gasteiger charge is 2.66. The van der Waals surface area contributed by atoms with Crippen LogP contribution >= 0.6 is 0 Å². The van der Waals surface area contributed by atoms with E-state index in [2.05, 4.69) is 13.0 Å². The first-order chi connectivity index (χ1) is 10.6. The van der Waals surface area contributed by atoms with Crippen molar-refractivity contribution in [1.82, 2.24) is 0 Å². The van der Waals surface area contributed by atoms with Crippen LogP contribution in [0.1, 0.15) is 62.5 Å². The van der Waals surface area contributed by atoms with E-state index in [1.54, 1.807) is 0 Å². The molecule has 2 nitrogen and oxygen atoms in total. The molecule has 4 aliphatic rings. The Hall–Kier alpha value is -1.02. The van der Waals surface area contributed by atoms with Crippen LogP contribution in [0.5, 0.6) is 5.75 Å². The van der Waals surface area contributed by atoms with E-state index in [0.29, 0.717) is 17.1 Å². The van der Waals surface area contributed by atoms with Gasteiger partial charge in [-0.25, -0.2) is 0 Å². The van der Waals surface area contributed by atoms with Crippen LogP contribution in [0.2, 0.25) is 0 Å². The summed E-state index contributed by atoms with van der Waals surface area (Å²) >= 11 is 0. The summed E-state index contributed by atoms with van der Waals surface area (Å²) in [6, 6.07) is 6.10. The number of ether oxygens (including phenoxy) is 1. The molecule has 1 N–H and O–H groups in total. The summed E-state index contributed by atoms with van der Waals surface area (Å²) in [4.78, 5) is 0. The molecule has 1 saturated heterocycles. The van der Waals surface area contributed by atoms with Crippen LogP contribution in [-0.4, -0.2) is 17.3 Å². The molecule has 0 bridgehead atoms. The molecule has 1 unspecified atom stereocenters. The fourth-order valence-electron chi connectivity index (χ4n) is 6.18. The molecule has 2 saturated carbocycles. The van der Waals surface area contributed by atoms with E-state index in [0.717, 1.165) is 24.9 Å². The van der Waals surface area contributed by atoms with E-state index in [-0.39, 0.29) is 5.60 Å². The van der Waals surface area contributed by atoms with Gasteiger partial charge in [0.15, 0.2) is 0 Å². The van der Waals surface area contributed by atoms with E-state index >= 15 is 0 Å². The molecule has 1 aromatic carbocycles. The normalized spacial score (nSPS) is 45.8. The van der Waals surface area contributed by atoms with E-state index < -0.39 is 0 Å². The summed E-state index contributed by atoms with van der Waals surface area (Å²) in [5, 5.41) is 9.81. The van der Waals surface area contributed by atoms with Gasteiger partial charge in [0.1, 0.15) is 5.75 Å². The number of aryl methyl sites for hydroxylation is 1. The van der Waals surface area contributed by atoms with Gasteiger partial charge in [0, 0.05) is 6.61 Å². The van der Waals surface area contributed by atoms with Crippen molar-refractivity contribution < 1.29 is 9.84 Å². The third-order valence-electron chi connectivity index (χ3n) is 7.27. The summed E-state index contributed by atoms with van der Waals surface area (Å²) in [5.41, 5.74) is 3.65. The Morgan fingerprint density at radius 2 is 2.09 bits per heavy atom. The quantitative estimate of drug-likeness (QED) is 0.769. The third kappa shape index (κ3) is 1.76. The zero-order chi connectivity index (χ0) is 14.9. The zero-order valence-corrected chi connectivity index (χ0v) is 13.5. The average molecular weight is 298 g/mol. The molecule has 0 aromatic heterocycles. The highest BCUT2D eigenvalue weighted by Crippen LogP contribution is 2.74. The molecule has 2 spiro atoms. The van der Waals surface area contributed by atoms with Crippen LogP contribution in [0.25, 0.3) is 0 Å². The van der Waals surface area contributed by atoms with Gasteiger partial charge in [-0.05, 0) is 91.4 Å². The largest absolute Gasteiger partial charge is 0.508 e. The predicted octanol–water partition coefficient (Wildman–Crippen LogP) is 4.41. The summed E-state index contributed by atoms with van der Waals surface area (Å²) in [7, 11) is 0. The first-order valence-electron chi connectivity index (χ1n) is 9.06. The van der Waals surface area contributed by atoms with Crippen LogP contribution in [0.4, 0.5) is 0 Å². The van der Waals surface area contributed by atoms with Crippen molar-refractivity contribution in [2.45, 2.75) is 63.4 Å². The van der Waals surface area contributed by atoms with Crippen LogP contribution in [0.3, 0.4) is 0 Å². The number of hydrogen-bond donors (Lipinski definition) is 1. The van der Waals surface area contributed by atoms with Crippen molar-refractivity contribution in [2.24, 2.45) is 17.3 Å². The Balaban J connectivity index is 1.54. The Bertz CT molecular complexity index is 624. The van der Waals surface area contributed by atoms with E-state index in [1.165, 1.54) is 49.7 Å². The first kappa shape index (κ1) is 13.4. The maximum absolute atomic E-state index is 9.81. The summed E-state index contributed by atoms with van der Waals surface area (Å²) in [6.45, 7) is 3.35. The van der Waals surface area contributed by atoms with Crippen LogP contribution in [0.15, 0.2) is 18.2 Å². The SMILES string of the molecule is C[C@H]1CCO[C@]2(CC3C[C@]34CCc3cc(O)ccc3[C@H]4C2)C1. The van der Waals surface area contributed by atoms with Gasteiger partial charge in [0.25, 0.3) is 0 Å². The minimum atomic E-state index is 0.152. The highest BCUT2D eigenvalue weighted by atomic mass is 16.5. The van der Waals surface area contributed by atoms with Crippen molar-refractivity contribution in [2.75, 3.05) is 6.61 Å². The molecule has 118 valence electrons. The molecule has 1 heterocycles. The molecule has 5 rings (SSSR count). The van der Waals surface area contributed by atoms with Crippen molar-refractivity contribution >= 4 is 0 Å². The highest BCUT2D eigenvalue weighted by molar-refractivity contribution is 5.43. The van der Waals surface area contributed by atoms with Crippen LogP contribution in [-0.2, 0) is 11.2 Å². The Morgan fingerprint density at radius 3 is 2.95 bits per heavy atom. The van der Waals surface area contributed by atoms with E-state index in [1.807, 2.05) is 12.1 Å². The van der Waals surface area contributed by atoms with Crippen LogP contribution in [0, 0.1) is 17.3 Å². The van der Waals surface area contributed by atoms with Gasteiger partial charge in [-0.1, -0.05) is 13.0 Å². The van der Waals surface area contributed by atoms with E-state index in [4.69, 9.17) is 4.74 Å². The zero-order valence-electron chi connectivity index (χ0n) is 13.5. The number of aromatic hydroxyl groups is 1. The van der Waals surface area contributed by atoms with Gasteiger partial charge < -0.3 is 9.84 Å². The second-order valence-corrected chi connectivity index (χ2v) is 8.61. The number of benzene rings is 1. The Labute approximate surface area is 132 Å². The van der Waals surface area contributed by atoms with Gasteiger partial charge in [-0.2, -0.15) is 0 Å². The number of phenols is 1. The Morgan fingerprint density at radius 1 is 1.18 bits per heavy atom. The smallest absolute Gasteiger partial charge is 0.115 e. The minimum absolute atomic E-state index is 0.152. The molecule has 1 aromatic rings. The van der Waals surface area contributed by atoms with E-state index in [9.17, 15) is 5.11 Å². The van der Waals surface area contributed by atoms with Gasteiger partial charge in [0.05, 0.1) is 5.60 Å². The monoisotopic (exact) mass is 298 g/mol. The molecule has 0 radical (unpaired) electrons. The maximum Gasteiger partial charge on any atom is 0.115 e.